The molecule has 0 aliphatic carbocycles. The van der Waals surface area contributed by atoms with E-state index in [4.69, 9.17) is 4.74 Å². The summed E-state index contributed by atoms with van der Waals surface area (Å²) in [4.78, 5) is 0. The monoisotopic (exact) mass is 224 g/mol. The van der Waals surface area contributed by atoms with E-state index in [0.29, 0.717) is 0 Å². The fourth-order valence-corrected chi connectivity index (χ4v) is 1.73. The molecule has 0 N–H and O–H groups in total. The van der Waals surface area contributed by atoms with Gasteiger partial charge >= 0.3 is 0 Å². The summed E-state index contributed by atoms with van der Waals surface area (Å²) < 4.78 is 5.38. The lowest BCUT2D eigenvalue weighted by atomic mass is 9.85. The van der Waals surface area contributed by atoms with Crippen molar-refractivity contribution in [3.05, 3.63) is 29.3 Å². The average molecular weight is 224 g/mol. The molecule has 1 atom stereocenters. The minimum Gasteiger partial charge on any atom is -0.496 e. The van der Waals surface area contributed by atoms with Crippen LogP contribution in [-0.2, 0) is 5.41 Å². The van der Waals surface area contributed by atoms with E-state index in [1.165, 1.54) is 11.1 Å². The van der Waals surface area contributed by atoms with E-state index in [-0.39, 0.29) is 10.7 Å². The molecule has 0 amide bonds. The highest BCUT2D eigenvalue weighted by Crippen LogP contribution is 2.34. The average Bonchev–Trinajstić information content (AvgIpc) is 2.15. The lowest BCUT2D eigenvalue weighted by molar-refractivity contribution is 0.397. The number of ether oxygens (including phenoxy) is 1. The van der Waals surface area contributed by atoms with Crippen LogP contribution in [0.2, 0.25) is 0 Å². The van der Waals surface area contributed by atoms with Crippen molar-refractivity contribution < 1.29 is 4.74 Å². The maximum atomic E-state index is 5.38. The Kier molecular flexibility index (Phi) is 3.72. The van der Waals surface area contributed by atoms with Gasteiger partial charge in [-0.05, 0) is 29.5 Å². The second kappa shape index (κ2) is 4.48. The highest BCUT2D eigenvalue weighted by atomic mass is 32.1. The predicted molar refractivity (Wildman–Crippen MR) is 69.1 cm³/mol. The third-order valence-corrected chi connectivity index (χ3v) is 2.81. The smallest absolute Gasteiger partial charge is 0.122 e. The Morgan fingerprint density at radius 1 is 1.27 bits per heavy atom. The Labute approximate surface area is 98.3 Å². The van der Waals surface area contributed by atoms with Crippen molar-refractivity contribution in [2.24, 2.45) is 0 Å². The number of hydrogen-bond donors (Lipinski definition) is 1. The number of thiol groups is 1. The molecule has 0 aromatic heterocycles. The van der Waals surface area contributed by atoms with Crippen molar-refractivity contribution in [2.75, 3.05) is 7.11 Å². The van der Waals surface area contributed by atoms with E-state index >= 15 is 0 Å². The summed E-state index contributed by atoms with van der Waals surface area (Å²) in [5.74, 6) is 0.959. The molecule has 0 fully saturated rings. The van der Waals surface area contributed by atoms with Crippen molar-refractivity contribution in [2.45, 2.75) is 38.4 Å². The Hall–Kier alpha value is -0.630. The molecule has 1 nitrogen and oxygen atoms in total. The summed E-state index contributed by atoms with van der Waals surface area (Å²) in [6.45, 7) is 8.66. The minimum absolute atomic E-state index is 0.101. The van der Waals surface area contributed by atoms with Crippen LogP contribution >= 0.6 is 12.6 Å². The zero-order valence-electron chi connectivity index (χ0n) is 10.2. The molecule has 0 saturated carbocycles. The molecule has 0 bridgehead atoms. The molecule has 1 unspecified atom stereocenters. The van der Waals surface area contributed by atoms with Crippen LogP contribution in [0.5, 0.6) is 5.75 Å². The van der Waals surface area contributed by atoms with Crippen molar-refractivity contribution in [3.63, 3.8) is 0 Å². The first-order valence-corrected chi connectivity index (χ1v) is 5.74. The molecule has 84 valence electrons. The van der Waals surface area contributed by atoms with Gasteiger partial charge in [0.25, 0.3) is 0 Å². The van der Waals surface area contributed by atoms with Gasteiger partial charge in [-0.1, -0.05) is 32.9 Å². The van der Waals surface area contributed by atoms with E-state index in [9.17, 15) is 0 Å². The summed E-state index contributed by atoms with van der Waals surface area (Å²) >= 11 is 4.45. The highest BCUT2D eigenvalue weighted by molar-refractivity contribution is 7.80. The molecule has 0 saturated heterocycles. The van der Waals surface area contributed by atoms with Crippen LogP contribution in [0.3, 0.4) is 0 Å². The largest absolute Gasteiger partial charge is 0.496 e. The third kappa shape index (κ3) is 2.91. The first-order chi connectivity index (χ1) is 6.86. The fourth-order valence-electron chi connectivity index (χ4n) is 1.57. The Morgan fingerprint density at radius 2 is 1.87 bits per heavy atom. The van der Waals surface area contributed by atoms with Gasteiger partial charge in [-0.3, -0.25) is 0 Å². The van der Waals surface area contributed by atoms with Gasteiger partial charge in [-0.2, -0.15) is 12.6 Å². The zero-order chi connectivity index (χ0) is 11.6. The molecule has 2 heteroatoms. The van der Waals surface area contributed by atoms with Gasteiger partial charge in [0.15, 0.2) is 0 Å². The lowest BCUT2D eigenvalue weighted by Crippen LogP contribution is -2.13. The van der Waals surface area contributed by atoms with Gasteiger partial charge in [0.1, 0.15) is 5.75 Å². The molecule has 0 heterocycles. The van der Waals surface area contributed by atoms with Gasteiger partial charge in [0, 0.05) is 5.25 Å². The predicted octanol–water partition coefficient (Wildman–Crippen LogP) is 3.98. The van der Waals surface area contributed by atoms with E-state index in [1.54, 1.807) is 7.11 Å². The highest BCUT2D eigenvalue weighted by Gasteiger charge is 2.19. The summed E-state index contributed by atoms with van der Waals surface area (Å²) in [5.41, 5.74) is 2.58. The molecule has 0 aliphatic rings. The van der Waals surface area contributed by atoms with Crippen molar-refractivity contribution in [1.29, 1.82) is 0 Å². The molecule has 0 radical (unpaired) electrons. The van der Waals surface area contributed by atoms with Crippen LogP contribution in [0.4, 0.5) is 0 Å². The number of methoxy groups -OCH3 is 1. The maximum absolute atomic E-state index is 5.38. The summed E-state index contributed by atoms with van der Waals surface area (Å²) in [7, 11) is 1.72. The Morgan fingerprint density at radius 3 is 2.27 bits per heavy atom. The zero-order valence-corrected chi connectivity index (χ0v) is 11.1. The molecule has 15 heavy (non-hydrogen) atoms. The van der Waals surface area contributed by atoms with Gasteiger partial charge in [-0.15, -0.1) is 0 Å². The third-order valence-electron chi connectivity index (χ3n) is 2.51. The van der Waals surface area contributed by atoms with Crippen LogP contribution in [0, 0.1) is 0 Å². The first-order valence-electron chi connectivity index (χ1n) is 5.22. The maximum Gasteiger partial charge on any atom is 0.122 e. The molecule has 0 aliphatic heterocycles. The van der Waals surface area contributed by atoms with E-state index < -0.39 is 0 Å². The van der Waals surface area contributed by atoms with E-state index in [0.717, 1.165) is 5.75 Å². The Balaban J connectivity index is 3.26. The second-order valence-electron chi connectivity index (χ2n) is 4.89. The molecular weight excluding hydrogens is 204 g/mol. The summed E-state index contributed by atoms with van der Waals surface area (Å²) in [6.07, 6.45) is 0. The molecule has 1 aromatic carbocycles. The van der Waals surface area contributed by atoms with Gasteiger partial charge in [0.05, 0.1) is 7.11 Å². The topological polar surface area (TPSA) is 9.23 Å². The molecular formula is C13H20OS. The SMILES string of the molecule is COc1ccc(C(C)S)cc1C(C)(C)C. The van der Waals surface area contributed by atoms with Gasteiger partial charge in [0.2, 0.25) is 0 Å². The quantitative estimate of drug-likeness (QED) is 0.747. The van der Waals surface area contributed by atoms with Crippen LogP contribution in [0.1, 0.15) is 44.1 Å². The van der Waals surface area contributed by atoms with E-state index in [2.05, 4.69) is 52.5 Å². The van der Waals surface area contributed by atoms with Crippen LogP contribution in [0.15, 0.2) is 18.2 Å². The minimum atomic E-state index is 0.101. The molecule has 0 spiro atoms. The second-order valence-corrected chi connectivity index (χ2v) is 5.66. The summed E-state index contributed by atoms with van der Waals surface area (Å²) in [5, 5.41) is 0.261. The fraction of sp³-hybridized carbons (Fsp3) is 0.538. The summed E-state index contributed by atoms with van der Waals surface area (Å²) in [6, 6.07) is 6.30. The molecule has 1 aromatic rings. The van der Waals surface area contributed by atoms with Gasteiger partial charge in [-0.25, -0.2) is 0 Å². The van der Waals surface area contributed by atoms with E-state index in [1.807, 2.05) is 6.07 Å². The molecule has 1 rings (SSSR count). The van der Waals surface area contributed by atoms with Crippen molar-refractivity contribution in [3.8, 4) is 5.75 Å². The lowest BCUT2D eigenvalue weighted by Gasteiger charge is -2.23. The number of hydrogen-bond acceptors (Lipinski definition) is 2. The number of benzene rings is 1. The van der Waals surface area contributed by atoms with Crippen molar-refractivity contribution >= 4 is 12.6 Å². The van der Waals surface area contributed by atoms with Crippen LogP contribution < -0.4 is 4.74 Å². The number of rotatable bonds is 2. The van der Waals surface area contributed by atoms with Crippen LogP contribution in [0.25, 0.3) is 0 Å². The van der Waals surface area contributed by atoms with Crippen molar-refractivity contribution in [1.82, 2.24) is 0 Å². The Bertz CT molecular complexity index is 337. The first kappa shape index (κ1) is 12.4. The normalized spacial score (nSPS) is 13.7. The van der Waals surface area contributed by atoms with Gasteiger partial charge < -0.3 is 4.74 Å². The van der Waals surface area contributed by atoms with Crippen LogP contribution in [-0.4, -0.2) is 7.11 Å². The standard InChI is InChI=1S/C13H20OS/c1-9(15)10-6-7-12(14-5)11(8-10)13(2,3)4/h6-9,15H,1-5H3.